The number of para-hydroxylation sites is 1. The van der Waals surface area contributed by atoms with E-state index in [1.165, 1.54) is 0 Å². The fourth-order valence-electron chi connectivity index (χ4n) is 3.47. The summed E-state index contributed by atoms with van der Waals surface area (Å²) in [5.41, 5.74) is 0.872. The van der Waals surface area contributed by atoms with E-state index < -0.39 is 0 Å². The first-order valence-corrected chi connectivity index (χ1v) is 9.37. The molecule has 142 valence electrons. The maximum absolute atomic E-state index is 12.5. The van der Waals surface area contributed by atoms with Crippen LogP contribution in [0.2, 0.25) is 5.02 Å². The standard InChI is InChI=1S/C19H21ClN4O3/c20-14-4-1-3-13-15(8-10-27-18(13)14)21-19(26)23-16-5-2-6-17(22-16)24-9-7-12(25)11-24/h1-6,12,15,25H,7-11H2,(H2,21,22,23,26)/t12-,15-/m0/s1. The Labute approximate surface area is 162 Å². The van der Waals surface area contributed by atoms with Crippen molar-refractivity contribution >= 4 is 29.3 Å². The average Bonchev–Trinajstić information content (AvgIpc) is 3.09. The molecule has 27 heavy (non-hydrogen) atoms. The number of halogens is 1. The SMILES string of the molecule is O=C(Nc1cccc(N2CC[C@H](O)C2)n1)N[C@H]1CCOc2c(Cl)cccc21. The van der Waals surface area contributed by atoms with Gasteiger partial charge in [0, 0.05) is 25.1 Å². The van der Waals surface area contributed by atoms with Crippen molar-refractivity contribution in [2.24, 2.45) is 0 Å². The van der Waals surface area contributed by atoms with Crippen molar-refractivity contribution < 1.29 is 14.6 Å². The summed E-state index contributed by atoms with van der Waals surface area (Å²) in [4.78, 5) is 19.0. The Kier molecular flexibility index (Phi) is 5.05. The van der Waals surface area contributed by atoms with Crippen LogP contribution in [0.5, 0.6) is 5.75 Å². The third kappa shape index (κ3) is 3.94. The van der Waals surface area contributed by atoms with Crippen molar-refractivity contribution in [3.8, 4) is 5.75 Å². The number of anilines is 2. The first kappa shape index (κ1) is 17.9. The number of pyridine rings is 1. The van der Waals surface area contributed by atoms with Gasteiger partial charge in [-0.15, -0.1) is 0 Å². The molecule has 2 aliphatic heterocycles. The van der Waals surface area contributed by atoms with Crippen molar-refractivity contribution in [1.29, 1.82) is 0 Å². The number of urea groups is 1. The Bertz CT molecular complexity index is 847. The third-order valence-electron chi connectivity index (χ3n) is 4.79. The lowest BCUT2D eigenvalue weighted by atomic mass is 10.0. The van der Waals surface area contributed by atoms with Gasteiger partial charge in [0.25, 0.3) is 0 Å². The second kappa shape index (κ2) is 7.62. The first-order chi connectivity index (χ1) is 13.1. The van der Waals surface area contributed by atoms with E-state index in [9.17, 15) is 9.90 Å². The van der Waals surface area contributed by atoms with Gasteiger partial charge in [-0.25, -0.2) is 9.78 Å². The van der Waals surface area contributed by atoms with Gasteiger partial charge in [-0.1, -0.05) is 29.8 Å². The van der Waals surface area contributed by atoms with Crippen LogP contribution in [0.1, 0.15) is 24.4 Å². The van der Waals surface area contributed by atoms with Crippen LogP contribution in [-0.4, -0.2) is 41.9 Å². The number of rotatable bonds is 3. The Morgan fingerprint density at radius 3 is 2.93 bits per heavy atom. The maximum atomic E-state index is 12.5. The number of hydrogen-bond donors (Lipinski definition) is 3. The van der Waals surface area contributed by atoms with Crippen LogP contribution in [0.3, 0.4) is 0 Å². The van der Waals surface area contributed by atoms with Crippen molar-refractivity contribution in [3.05, 3.63) is 47.0 Å². The molecule has 7 nitrogen and oxygen atoms in total. The minimum atomic E-state index is -0.334. The molecule has 3 heterocycles. The first-order valence-electron chi connectivity index (χ1n) is 8.99. The second-order valence-corrected chi connectivity index (χ2v) is 7.12. The highest BCUT2D eigenvalue weighted by Gasteiger charge is 2.25. The number of carbonyl (C=O) groups is 1. The zero-order valence-electron chi connectivity index (χ0n) is 14.7. The molecule has 0 unspecified atom stereocenters. The maximum Gasteiger partial charge on any atom is 0.320 e. The fourth-order valence-corrected chi connectivity index (χ4v) is 3.70. The summed E-state index contributed by atoms with van der Waals surface area (Å²) in [7, 11) is 0. The van der Waals surface area contributed by atoms with Crippen LogP contribution in [0.4, 0.5) is 16.4 Å². The van der Waals surface area contributed by atoms with Crippen LogP contribution >= 0.6 is 11.6 Å². The number of nitrogens with zero attached hydrogens (tertiary/aromatic N) is 2. The molecule has 0 aliphatic carbocycles. The second-order valence-electron chi connectivity index (χ2n) is 6.72. The van der Waals surface area contributed by atoms with Gasteiger partial charge in [-0.2, -0.15) is 0 Å². The van der Waals surface area contributed by atoms with E-state index in [2.05, 4.69) is 15.6 Å². The van der Waals surface area contributed by atoms with E-state index in [0.717, 1.165) is 24.3 Å². The predicted molar refractivity (Wildman–Crippen MR) is 104 cm³/mol. The van der Waals surface area contributed by atoms with Gasteiger partial charge in [-0.3, -0.25) is 5.32 Å². The number of amides is 2. The smallest absolute Gasteiger partial charge is 0.320 e. The molecule has 2 amide bonds. The zero-order valence-corrected chi connectivity index (χ0v) is 15.4. The molecular formula is C19H21ClN4O3. The summed E-state index contributed by atoms with van der Waals surface area (Å²) in [5.74, 6) is 1.83. The molecule has 2 atom stereocenters. The van der Waals surface area contributed by atoms with Crippen molar-refractivity contribution in [2.45, 2.75) is 25.0 Å². The molecule has 4 rings (SSSR count). The summed E-state index contributed by atoms with van der Waals surface area (Å²) in [5, 5.41) is 16.0. The van der Waals surface area contributed by atoms with E-state index in [-0.39, 0.29) is 18.2 Å². The van der Waals surface area contributed by atoms with E-state index in [4.69, 9.17) is 16.3 Å². The molecule has 3 N–H and O–H groups in total. The number of benzene rings is 1. The van der Waals surface area contributed by atoms with Gasteiger partial charge in [-0.05, 0) is 24.6 Å². The summed E-state index contributed by atoms with van der Waals surface area (Å²) in [6, 6.07) is 10.5. The molecule has 0 saturated carbocycles. The van der Waals surface area contributed by atoms with Crippen molar-refractivity contribution in [2.75, 3.05) is 29.9 Å². The monoisotopic (exact) mass is 388 g/mol. The van der Waals surface area contributed by atoms with Crippen LogP contribution in [0, 0.1) is 0 Å². The highest BCUT2D eigenvalue weighted by molar-refractivity contribution is 6.32. The van der Waals surface area contributed by atoms with Gasteiger partial charge in [0.15, 0.2) is 0 Å². The predicted octanol–water partition coefficient (Wildman–Crippen LogP) is 2.95. The molecule has 0 spiro atoms. The average molecular weight is 389 g/mol. The number of aromatic nitrogens is 1. The molecule has 2 aromatic rings. The zero-order chi connectivity index (χ0) is 18.8. The summed E-state index contributed by atoms with van der Waals surface area (Å²) < 4.78 is 5.62. The summed E-state index contributed by atoms with van der Waals surface area (Å²) in [6.45, 7) is 1.80. The molecule has 8 heteroatoms. The van der Waals surface area contributed by atoms with Crippen molar-refractivity contribution in [3.63, 3.8) is 0 Å². The molecule has 0 radical (unpaired) electrons. The van der Waals surface area contributed by atoms with Gasteiger partial charge < -0.3 is 20.1 Å². The highest BCUT2D eigenvalue weighted by Crippen LogP contribution is 2.37. The Hall–Kier alpha value is -2.51. The molecule has 2 aliphatic rings. The molecule has 1 aromatic heterocycles. The molecule has 1 saturated heterocycles. The number of fused-ring (bicyclic) bond motifs is 1. The number of ether oxygens (including phenoxy) is 1. The molecular weight excluding hydrogens is 368 g/mol. The lowest BCUT2D eigenvalue weighted by Crippen LogP contribution is -2.35. The van der Waals surface area contributed by atoms with Gasteiger partial charge in [0.1, 0.15) is 17.4 Å². The quantitative estimate of drug-likeness (QED) is 0.752. The van der Waals surface area contributed by atoms with Crippen LogP contribution < -0.4 is 20.3 Å². The van der Waals surface area contributed by atoms with Gasteiger partial charge in [0.05, 0.1) is 23.8 Å². The van der Waals surface area contributed by atoms with Gasteiger partial charge in [0.2, 0.25) is 0 Å². The number of aliphatic hydroxyl groups excluding tert-OH is 1. The number of β-amino-alcohol motifs (C(OH)–C–C–N with tert-alkyl or cyclic N) is 1. The van der Waals surface area contributed by atoms with Gasteiger partial charge >= 0.3 is 6.03 Å². The van der Waals surface area contributed by atoms with Crippen LogP contribution in [0.15, 0.2) is 36.4 Å². The summed E-state index contributed by atoms with van der Waals surface area (Å²) in [6.07, 6.45) is 1.07. The van der Waals surface area contributed by atoms with Crippen molar-refractivity contribution in [1.82, 2.24) is 10.3 Å². The van der Waals surface area contributed by atoms with E-state index in [1.54, 1.807) is 12.1 Å². The Morgan fingerprint density at radius 2 is 2.11 bits per heavy atom. The highest BCUT2D eigenvalue weighted by atomic mass is 35.5. The number of nitrogens with one attached hydrogen (secondary N) is 2. The fraction of sp³-hybridized carbons (Fsp3) is 0.368. The largest absolute Gasteiger partial charge is 0.492 e. The lowest BCUT2D eigenvalue weighted by Gasteiger charge is -2.27. The Balaban J connectivity index is 1.43. The Morgan fingerprint density at radius 1 is 1.26 bits per heavy atom. The minimum absolute atomic E-state index is 0.177. The number of aliphatic hydroxyl groups is 1. The third-order valence-corrected chi connectivity index (χ3v) is 5.09. The van der Waals surface area contributed by atoms with E-state index in [0.29, 0.717) is 36.2 Å². The lowest BCUT2D eigenvalue weighted by molar-refractivity contribution is 0.198. The minimum Gasteiger partial charge on any atom is -0.492 e. The van der Waals surface area contributed by atoms with Crippen LogP contribution in [0.25, 0.3) is 0 Å². The molecule has 1 aromatic carbocycles. The van der Waals surface area contributed by atoms with E-state index >= 15 is 0 Å². The number of hydrogen-bond acceptors (Lipinski definition) is 5. The number of carbonyl (C=O) groups excluding carboxylic acids is 1. The van der Waals surface area contributed by atoms with Crippen LogP contribution in [-0.2, 0) is 0 Å². The molecule has 0 bridgehead atoms. The van der Waals surface area contributed by atoms with E-state index in [1.807, 2.05) is 29.2 Å². The normalized spacial score (nSPS) is 21.3. The topological polar surface area (TPSA) is 86.7 Å². The molecule has 1 fully saturated rings. The summed E-state index contributed by atoms with van der Waals surface area (Å²) >= 11 is 6.18.